The van der Waals surface area contributed by atoms with E-state index in [1.54, 1.807) is 24.3 Å². The van der Waals surface area contributed by atoms with E-state index in [9.17, 15) is 27.9 Å². The van der Waals surface area contributed by atoms with Gasteiger partial charge in [-0.25, -0.2) is 0 Å². The lowest BCUT2D eigenvalue weighted by Crippen LogP contribution is -2.33. The maximum absolute atomic E-state index is 13.2. The van der Waals surface area contributed by atoms with Crippen LogP contribution in [0.5, 0.6) is 0 Å². The Morgan fingerprint density at radius 1 is 0.727 bits per heavy atom. The van der Waals surface area contributed by atoms with Gasteiger partial charge in [0.1, 0.15) is 11.2 Å². The number of alkyl halides is 3. The number of aliphatic carboxylic acids is 1. The monoisotopic (exact) mass is 592 g/mol. The van der Waals surface area contributed by atoms with Crippen molar-refractivity contribution in [3.05, 3.63) is 132 Å². The molecule has 0 bridgehead atoms. The summed E-state index contributed by atoms with van der Waals surface area (Å²) in [7, 11) is 0. The molecule has 0 radical (unpaired) electrons. The Morgan fingerprint density at radius 2 is 1.34 bits per heavy atom. The molecule has 0 fully saturated rings. The molecule has 44 heavy (non-hydrogen) atoms. The van der Waals surface area contributed by atoms with Crippen LogP contribution in [0.25, 0.3) is 44.2 Å². The highest BCUT2D eigenvalue weighted by Gasteiger charge is 2.37. The molecule has 1 N–H and O–H groups in total. The number of fused-ring (bicyclic) bond motifs is 3. The summed E-state index contributed by atoms with van der Waals surface area (Å²) in [5.41, 5.74) is 3.54. The van der Waals surface area contributed by atoms with Crippen molar-refractivity contribution in [2.75, 3.05) is 0 Å². The molecule has 1 atom stereocenters. The number of para-hydroxylation sites is 2. The zero-order valence-electron chi connectivity index (χ0n) is 23.7. The van der Waals surface area contributed by atoms with Crippen molar-refractivity contribution in [3.63, 3.8) is 0 Å². The van der Waals surface area contributed by atoms with Gasteiger partial charge in [-0.15, -0.1) is 0 Å². The predicted octanol–water partition coefficient (Wildman–Crippen LogP) is 9.85. The number of halogens is 3. The smallest absolute Gasteiger partial charge is 0.416 e. The van der Waals surface area contributed by atoms with Crippen LogP contribution in [0.2, 0.25) is 0 Å². The zero-order valence-corrected chi connectivity index (χ0v) is 23.7. The molecule has 1 unspecified atom stereocenters. The number of rotatable bonds is 8. The van der Waals surface area contributed by atoms with Crippen LogP contribution in [-0.2, 0) is 17.4 Å². The Morgan fingerprint density at radius 3 is 2.02 bits per heavy atom. The summed E-state index contributed by atoms with van der Waals surface area (Å²) < 4.78 is 45.7. The maximum atomic E-state index is 13.2. The van der Waals surface area contributed by atoms with E-state index in [2.05, 4.69) is 0 Å². The van der Waals surface area contributed by atoms with Crippen molar-refractivity contribution in [2.24, 2.45) is 5.41 Å². The van der Waals surface area contributed by atoms with Crippen LogP contribution in [0.15, 0.2) is 120 Å². The molecule has 4 nitrogen and oxygen atoms in total. The fraction of sp³-hybridized carbons (Fsp3) is 0.135. The average Bonchev–Trinajstić information content (AvgIpc) is 3.40. The standard InChI is InChI=1S/C37H27F3O4/c1-36(35(42)43,21-23-6-4-7-28(20-23)37(38,39)40)22-32(41)27-18-14-25(15-19-27)24-12-16-26(17-13-24)29-9-5-10-31-30-8-2-3-11-33(30)44-34(29)31/h2-20H,21-22H2,1H3,(H,42,43). The van der Waals surface area contributed by atoms with E-state index in [0.29, 0.717) is 5.56 Å². The fourth-order valence-electron chi connectivity index (χ4n) is 5.64. The highest BCUT2D eigenvalue weighted by molar-refractivity contribution is 6.09. The molecular formula is C37H27F3O4. The third-order valence-electron chi connectivity index (χ3n) is 8.06. The average molecular weight is 593 g/mol. The quantitative estimate of drug-likeness (QED) is 0.179. The Kier molecular flexibility index (Phi) is 7.33. The first kappa shape index (κ1) is 28.9. The minimum atomic E-state index is -4.55. The minimum absolute atomic E-state index is 0.202. The Hall–Kier alpha value is -5.17. The molecule has 0 saturated carbocycles. The second-order valence-corrected chi connectivity index (χ2v) is 11.3. The highest BCUT2D eigenvalue weighted by Crippen LogP contribution is 2.37. The number of carbonyl (C=O) groups is 2. The van der Waals surface area contributed by atoms with Gasteiger partial charge in [0.2, 0.25) is 0 Å². The van der Waals surface area contributed by atoms with Gasteiger partial charge in [-0.3, -0.25) is 9.59 Å². The highest BCUT2D eigenvalue weighted by atomic mass is 19.4. The summed E-state index contributed by atoms with van der Waals surface area (Å²) in [6, 6.07) is 33.5. The number of hydrogen-bond donors (Lipinski definition) is 1. The number of ketones is 1. The molecule has 0 aliphatic carbocycles. The van der Waals surface area contributed by atoms with Crippen molar-refractivity contribution >= 4 is 33.7 Å². The van der Waals surface area contributed by atoms with E-state index < -0.39 is 28.9 Å². The molecule has 220 valence electrons. The molecule has 6 rings (SSSR count). The number of hydrogen-bond acceptors (Lipinski definition) is 3. The van der Waals surface area contributed by atoms with Crippen LogP contribution in [-0.4, -0.2) is 16.9 Å². The van der Waals surface area contributed by atoms with E-state index in [1.165, 1.54) is 19.1 Å². The van der Waals surface area contributed by atoms with Gasteiger partial charge in [-0.2, -0.15) is 13.2 Å². The molecule has 1 aromatic heterocycles. The summed E-state index contributed by atoms with van der Waals surface area (Å²) in [4.78, 5) is 25.3. The molecule has 6 aromatic rings. The van der Waals surface area contributed by atoms with Gasteiger partial charge in [0.25, 0.3) is 0 Å². The van der Waals surface area contributed by atoms with Gasteiger partial charge in [0.15, 0.2) is 5.78 Å². The van der Waals surface area contributed by atoms with E-state index in [0.717, 1.165) is 56.3 Å². The van der Waals surface area contributed by atoms with E-state index in [4.69, 9.17) is 4.42 Å². The van der Waals surface area contributed by atoms with Crippen LogP contribution < -0.4 is 0 Å². The molecule has 5 aromatic carbocycles. The number of carboxylic acids is 1. The summed E-state index contributed by atoms with van der Waals surface area (Å²) in [6.45, 7) is 1.38. The molecule has 0 aliphatic rings. The second-order valence-electron chi connectivity index (χ2n) is 11.3. The van der Waals surface area contributed by atoms with Crippen molar-refractivity contribution in [2.45, 2.75) is 25.9 Å². The topological polar surface area (TPSA) is 67.5 Å². The minimum Gasteiger partial charge on any atom is -0.481 e. The third kappa shape index (κ3) is 5.61. The number of benzene rings is 5. The molecule has 0 aliphatic heterocycles. The number of carboxylic acid groups (broad SMARTS) is 1. The van der Waals surface area contributed by atoms with Crippen LogP contribution in [0.1, 0.15) is 34.8 Å². The van der Waals surface area contributed by atoms with Gasteiger partial charge in [0.05, 0.1) is 11.0 Å². The molecule has 1 heterocycles. The van der Waals surface area contributed by atoms with Gasteiger partial charge in [-0.1, -0.05) is 103 Å². The van der Waals surface area contributed by atoms with E-state index in [-0.39, 0.29) is 18.4 Å². The number of Topliss-reactive ketones (excluding diaryl/α,β-unsaturated/α-hetero) is 1. The first-order valence-corrected chi connectivity index (χ1v) is 14.1. The molecular weight excluding hydrogens is 565 g/mol. The first-order chi connectivity index (χ1) is 21.0. The van der Waals surface area contributed by atoms with Crippen LogP contribution in [0.4, 0.5) is 13.2 Å². The SMILES string of the molecule is CC(CC(=O)c1ccc(-c2ccc(-c3cccc4c3oc3ccccc34)cc2)cc1)(Cc1cccc(C(F)(F)F)c1)C(=O)O. The Balaban J connectivity index is 1.19. The number of carbonyl (C=O) groups excluding carboxylic acids is 1. The van der Waals surface area contributed by atoms with Crippen molar-refractivity contribution in [1.29, 1.82) is 0 Å². The second kappa shape index (κ2) is 11.2. The van der Waals surface area contributed by atoms with Crippen molar-refractivity contribution in [3.8, 4) is 22.3 Å². The maximum Gasteiger partial charge on any atom is 0.416 e. The van der Waals surface area contributed by atoms with Gasteiger partial charge in [0, 0.05) is 28.3 Å². The van der Waals surface area contributed by atoms with Gasteiger partial charge >= 0.3 is 12.1 Å². The first-order valence-electron chi connectivity index (χ1n) is 14.1. The largest absolute Gasteiger partial charge is 0.481 e. The third-order valence-corrected chi connectivity index (χ3v) is 8.06. The molecule has 0 saturated heterocycles. The Bertz CT molecular complexity index is 2000. The lowest BCUT2D eigenvalue weighted by molar-refractivity contribution is -0.147. The van der Waals surface area contributed by atoms with Gasteiger partial charge in [-0.05, 0) is 47.7 Å². The fourth-order valence-corrected chi connectivity index (χ4v) is 5.64. The lowest BCUT2D eigenvalue weighted by atomic mass is 9.78. The predicted molar refractivity (Wildman–Crippen MR) is 164 cm³/mol. The van der Waals surface area contributed by atoms with E-state index >= 15 is 0 Å². The normalized spacial score (nSPS) is 13.2. The van der Waals surface area contributed by atoms with Crippen LogP contribution in [0, 0.1) is 5.41 Å². The lowest BCUT2D eigenvalue weighted by Gasteiger charge is -2.24. The number of furan rings is 1. The summed E-state index contributed by atoms with van der Waals surface area (Å²) in [5, 5.41) is 12.0. The summed E-state index contributed by atoms with van der Waals surface area (Å²) >= 11 is 0. The summed E-state index contributed by atoms with van der Waals surface area (Å²) in [6.07, 6.45) is -5.12. The summed E-state index contributed by atoms with van der Waals surface area (Å²) in [5.74, 6) is -1.65. The van der Waals surface area contributed by atoms with Crippen molar-refractivity contribution in [1.82, 2.24) is 0 Å². The molecule has 0 amide bonds. The zero-order chi connectivity index (χ0) is 31.1. The molecule has 7 heteroatoms. The molecule has 0 spiro atoms. The van der Waals surface area contributed by atoms with Crippen LogP contribution in [0.3, 0.4) is 0 Å². The Labute approximate surface area is 251 Å². The van der Waals surface area contributed by atoms with Gasteiger partial charge < -0.3 is 9.52 Å². The van der Waals surface area contributed by atoms with Crippen molar-refractivity contribution < 1.29 is 32.3 Å². The van der Waals surface area contributed by atoms with Crippen LogP contribution >= 0.6 is 0 Å². The van der Waals surface area contributed by atoms with E-state index in [1.807, 2.05) is 66.7 Å².